The SMILES string of the molecule is CCOc1cc(C=NNc2nc(N3CCCC3)nc(N3CCCC3)n2)ccc1O. The fourth-order valence-electron chi connectivity index (χ4n) is 3.57. The van der Waals surface area contributed by atoms with Crippen LogP contribution in [0.4, 0.5) is 17.8 Å². The molecule has 29 heavy (non-hydrogen) atoms. The van der Waals surface area contributed by atoms with E-state index in [2.05, 4.69) is 30.3 Å². The number of ether oxygens (including phenoxy) is 1. The van der Waals surface area contributed by atoms with Gasteiger partial charge in [0, 0.05) is 26.2 Å². The lowest BCUT2D eigenvalue weighted by atomic mass is 10.2. The van der Waals surface area contributed by atoms with Gasteiger partial charge in [-0.25, -0.2) is 5.43 Å². The fourth-order valence-corrected chi connectivity index (χ4v) is 3.57. The second-order valence-corrected chi connectivity index (χ2v) is 7.18. The molecular formula is C20H27N7O2. The molecule has 2 fully saturated rings. The number of phenols is 1. The zero-order valence-corrected chi connectivity index (χ0v) is 16.7. The van der Waals surface area contributed by atoms with Crippen molar-refractivity contribution in [3.05, 3.63) is 23.8 Å². The van der Waals surface area contributed by atoms with E-state index in [-0.39, 0.29) is 5.75 Å². The highest BCUT2D eigenvalue weighted by atomic mass is 16.5. The first-order valence-electron chi connectivity index (χ1n) is 10.2. The Morgan fingerprint density at radius 2 is 1.66 bits per heavy atom. The summed E-state index contributed by atoms with van der Waals surface area (Å²) in [7, 11) is 0. The molecule has 9 nitrogen and oxygen atoms in total. The van der Waals surface area contributed by atoms with Crippen molar-refractivity contribution in [1.82, 2.24) is 15.0 Å². The van der Waals surface area contributed by atoms with Crippen LogP contribution in [0.25, 0.3) is 0 Å². The van der Waals surface area contributed by atoms with Crippen molar-refractivity contribution in [3.8, 4) is 11.5 Å². The van der Waals surface area contributed by atoms with E-state index in [4.69, 9.17) is 9.72 Å². The van der Waals surface area contributed by atoms with Gasteiger partial charge in [0.25, 0.3) is 0 Å². The number of hydrogen-bond donors (Lipinski definition) is 2. The number of aromatic nitrogens is 3. The molecule has 0 saturated carbocycles. The molecule has 0 unspecified atom stereocenters. The molecule has 154 valence electrons. The lowest BCUT2D eigenvalue weighted by molar-refractivity contribution is 0.318. The molecule has 0 atom stereocenters. The number of nitrogens with one attached hydrogen (secondary N) is 1. The molecule has 1 aromatic carbocycles. The summed E-state index contributed by atoms with van der Waals surface area (Å²) in [5.74, 6) is 2.40. The van der Waals surface area contributed by atoms with Gasteiger partial charge in [-0.15, -0.1) is 0 Å². The molecule has 0 amide bonds. The van der Waals surface area contributed by atoms with Crippen molar-refractivity contribution in [2.45, 2.75) is 32.6 Å². The van der Waals surface area contributed by atoms with E-state index in [9.17, 15) is 5.11 Å². The largest absolute Gasteiger partial charge is 0.504 e. The van der Waals surface area contributed by atoms with Gasteiger partial charge in [-0.2, -0.15) is 20.1 Å². The van der Waals surface area contributed by atoms with Gasteiger partial charge < -0.3 is 19.6 Å². The zero-order valence-electron chi connectivity index (χ0n) is 16.7. The van der Waals surface area contributed by atoms with E-state index in [1.165, 1.54) is 0 Å². The van der Waals surface area contributed by atoms with Crippen LogP contribution in [0.3, 0.4) is 0 Å². The average Bonchev–Trinajstić information content (AvgIpc) is 3.45. The van der Waals surface area contributed by atoms with E-state index >= 15 is 0 Å². The Hall–Kier alpha value is -3.10. The average molecular weight is 397 g/mol. The molecule has 0 radical (unpaired) electrons. The van der Waals surface area contributed by atoms with Gasteiger partial charge in [-0.1, -0.05) is 0 Å². The zero-order chi connectivity index (χ0) is 20.1. The summed E-state index contributed by atoms with van der Waals surface area (Å²) >= 11 is 0. The summed E-state index contributed by atoms with van der Waals surface area (Å²) in [6.07, 6.45) is 6.30. The Morgan fingerprint density at radius 3 is 2.24 bits per heavy atom. The number of benzene rings is 1. The van der Waals surface area contributed by atoms with Crippen LogP contribution in [0.5, 0.6) is 11.5 Å². The molecule has 9 heteroatoms. The molecule has 0 aliphatic carbocycles. The van der Waals surface area contributed by atoms with Crippen LogP contribution in [-0.2, 0) is 0 Å². The van der Waals surface area contributed by atoms with Crippen LogP contribution in [-0.4, -0.2) is 59.1 Å². The number of aromatic hydroxyl groups is 1. The van der Waals surface area contributed by atoms with Gasteiger partial charge in [0.05, 0.1) is 12.8 Å². The minimum absolute atomic E-state index is 0.111. The third-order valence-corrected chi connectivity index (χ3v) is 5.05. The monoisotopic (exact) mass is 397 g/mol. The van der Waals surface area contributed by atoms with Crippen LogP contribution < -0.4 is 20.0 Å². The number of rotatable bonds is 7. The van der Waals surface area contributed by atoms with Crippen LogP contribution in [0.2, 0.25) is 0 Å². The van der Waals surface area contributed by atoms with E-state index in [1.54, 1.807) is 24.4 Å². The second-order valence-electron chi connectivity index (χ2n) is 7.18. The van der Waals surface area contributed by atoms with Crippen LogP contribution >= 0.6 is 0 Å². The molecule has 3 heterocycles. The van der Waals surface area contributed by atoms with E-state index < -0.39 is 0 Å². The minimum Gasteiger partial charge on any atom is -0.504 e. The highest BCUT2D eigenvalue weighted by Crippen LogP contribution is 2.26. The second kappa shape index (κ2) is 8.93. The van der Waals surface area contributed by atoms with E-state index in [0.29, 0.717) is 30.2 Å². The van der Waals surface area contributed by atoms with Gasteiger partial charge in [-0.3, -0.25) is 0 Å². The number of nitrogens with zero attached hydrogens (tertiary/aromatic N) is 6. The number of anilines is 3. The van der Waals surface area contributed by atoms with Gasteiger partial charge in [0.1, 0.15) is 0 Å². The summed E-state index contributed by atoms with van der Waals surface area (Å²) < 4.78 is 5.41. The molecule has 4 rings (SSSR count). The van der Waals surface area contributed by atoms with Gasteiger partial charge in [0.15, 0.2) is 11.5 Å². The highest BCUT2D eigenvalue weighted by Gasteiger charge is 2.21. The quantitative estimate of drug-likeness (QED) is 0.543. The Kier molecular flexibility index (Phi) is 5.92. The normalized spacial score (nSPS) is 16.7. The maximum Gasteiger partial charge on any atom is 0.250 e. The Balaban J connectivity index is 1.52. The number of phenolic OH excluding ortho intramolecular Hbond substituents is 1. The molecule has 2 aromatic rings. The van der Waals surface area contributed by atoms with Gasteiger partial charge in [-0.05, 0) is 56.4 Å². The van der Waals surface area contributed by atoms with Crippen molar-refractivity contribution in [1.29, 1.82) is 0 Å². The van der Waals surface area contributed by atoms with Gasteiger partial charge in [0.2, 0.25) is 17.8 Å². The van der Waals surface area contributed by atoms with E-state index in [0.717, 1.165) is 57.4 Å². The predicted octanol–water partition coefficient (Wildman–Crippen LogP) is 2.62. The van der Waals surface area contributed by atoms with E-state index in [1.807, 2.05) is 6.92 Å². The number of hydrazone groups is 1. The van der Waals surface area contributed by atoms with Crippen molar-refractivity contribution in [2.75, 3.05) is 48.0 Å². The molecule has 2 aliphatic rings. The third-order valence-electron chi connectivity index (χ3n) is 5.05. The topological polar surface area (TPSA) is 99.0 Å². The minimum atomic E-state index is 0.111. The summed E-state index contributed by atoms with van der Waals surface area (Å²) in [5, 5.41) is 14.1. The molecule has 1 aromatic heterocycles. The van der Waals surface area contributed by atoms with Crippen molar-refractivity contribution >= 4 is 24.1 Å². The Labute approximate surface area is 170 Å². The summed E-state index contributed by atoms with van der Waals surface area (Å²) in [6, 6.07) is 5.09. The third kappa shape index (κ3) is 4.67. The van der Waals surface area contributed by atoms with Crippen molar-refractivity contribution in [2.24, 2.45) is 5.10 Å². The van der Waals surface area contributed by atoms with Crippen LogP contribution in [0.15, 0.2) is 23.3 Å². The standard InChI is InChI=1S/C20H27N7O2/c1-2-29-17-13-15(7-8-16(17)28)14-21-25-18-22-19(26-9-3-4-10-26)24-20(23-18)27-11-5-6-12-27/h7-8,13-14,28H,2-6,9-12H2,1H3,(H,22,23,24,25). The smallest absolute Gasteiger partial charge is 0.250 e. The molecule has 2 saturated heterocycles. The highest BCUT2D eigenvalue weighted by molar-refractivity contribution is 5.81. The predicted molar refractivity (Wildman–Crippen MR) is 113 cm³/mol. The first-order valence-corrected chi connectivity index (χ1v) is 10.2. The Morgan fingerprint density at radius 1 is 1.03 bits per heavy atom. The molecular weight excluding hydrogens is 370 g/mol. The Bertz CT molecular complexity index is 828. The maximum atomic E-state index is 9.82. The summed E-state index contributed by atoms with van der Waals surface area (Å²) in [6.45, 7) is 6.24. The number of hydrogen-bond acceptors (Lipinski definition) is 9. The fraction of sp³-hybridized carbons (Fsp3) is 0.500. The lowest BCUT2D eigenvalue weighted by Crippen LogP contribution is -2.25. The van der Waals surface area contributed by atoms with Gasteiger partial charge >= 0.3 is 0 Å². The van der Waals surface area contributed by atoms with Crippen molar-refractivity contribution < 1.29 is 9.84 Å². The maximum absolute atomic E-state index is 9.82. The first-order chi connectivity index (χ1) is 14.2. The van der Waals surface area contributed by atoms with Crippen molar-refractivity contribution in [3.63, 3.8) is 0 Å². The molecule has 2 N–H and O–H groups in total. The van der Waals surface area contributed by atoms with Crippen LogP contribution in [0, 0.1) is 0 Å². The molecule has 2 aliphatic heterocycles. The summed E-state index contributed by atoms with van der Waals surface area (Å²) in [5.41, 5.74) is 3.74. The lowest BCUT2D eigenvalue weighted by Gasteiger charge is -2.20. The summed E-state index contributed by atoms with van der Waals surface area (Å²) in [4.78, 5) is 18.2. The molecule has 0 bridgehead atoms. The van der Waals surface area contributed by atoms with Crippen LogP contribution in [0.1, 0.15) is 38.2 Å². The molecule has 0 spiro atoms. The first kappa shape index (κ1) is 19.2.